The molecule has 2 rings (SSSR count). The maximum absolute atomic E-state index is 13.6. The lowest BCUT2D eigenvalue weighted by atomic mass is 10.1. The van der Waals surface area contributed by atoms with Crippen molar-refractivity contribution in [3.8, 4) is 5.75 Å². The molecule has 10 heteroatoms. The lowest BCUT2D eigenvalue weighted by Crippen LogP contribution is -2.52. The normalized spacial score (nSPS) is 12.0. The zero-order valence-corrected chi connectivity index (χ0v) is 22.9. The lowest BCUT2D eigenvalue weighted by Gasteiger charge is -2.33. The minimum absolute atomic E-state index is 0.136. The van der Waals surface area contributed by atoms with Crippen LogP contribution in [-0.4, -0.2) is 57.1 Å². The second kappa shape index (κ2) is 14.1. The van der Waals surface area contributed by atoms with Gasteiger partial charge in [0.15, 0.2) is 0 Å². The summed E-state index contributed by atoms with van der Waals surface area (Å²) in [7, 11) is -3.79. The molecule has 0 aliphatic heterocycles. The van der Waals surface area contributed by atoms with Gasteiger partial charge in [0.1, 0.15) is 18.3 Å². The predicted octanol–water partition coefficient (Wildman–Crippen LogP) is 4.23. The van der Waals surface area contributed by atoms with Crippen LogP contribution >= 0.6 is 11.6 Å². The first-order valence-corrected chi connectivity index (χ1v) is 14.3. The van der Waals surface area contributed by atoms with Gasteiger partial charge in [0.2, 0.25) is 21.8 Å². The van der Waals surface area contributed by atoms with Crippen molar-refractivity contribution in [2.24, 2.45) is 0 Å². The van der Waals surface area contributed by atoms with Crippen molar-refractivity contribution in [2.45, 2.75) is 52.6 Å². The van der Waals surface area contributed by atoms with Gasteiger partial charge < -0.3 is 15.0 Å². The summed E-state index contributed by atoms with van der Waals surface area (Å²) in [6.45, 7) is 6.39. The molecule has 8 nitrogen and oxygen atoms in total. The van der Waals surface area contributed by atoms with E-state index in [9.17, 15) is 18.0 Å². The van der Waals surface area contributed by atoms with Gasteiger partial charge in [-0.2, -0.15) is 0 Å². The number of carbonyl (C=O) groups is 2. The summed E-state index contributed by atoms with van der Waals surface area (Å²) in [4.78, 5) is 28.1. The average Bonchev–Trinajstić information content (AvgIpc) is 2.84. The van der Waals surface area contributed by atoms with Crippen molar-refractivity contribution in [1.82, 2.24) is 10.2 Å². The Hall–Kier alpha value is -2.78. The fourth-order valence-corrected chi connectivity index (χ4v) is 4.68. The monoisotopic (exact) mass is 537 g/mol. The van der Waals surface area contributed by atoms with Gasteiger partial charge >= 0.3 is 0 Å². The van der Waals surface area contributed by atoms with Gasteiger partial charge in [-0.15, -0.1) is 0 Å². The number of carbonyl (C=O) groups excluding carboxylic acids is 2. The highest BCUT2D eigenvalue weighted by atomic mass is 35.5. The number of nitrogens with zero attached hydrogens (tertiary/aromatic N) is 2. The van der Waals surface area contributed by atoms with Gasteiger partial charge in [-0.25, -0.2) is 8.42 Å². The van der Waals surface area contributed by atoms with E-state index in [0.717, 1.165) is 29.0 Å². The van der Waals surface area contributed by atoms with E-state index in [1.165, 1.54) is 4.90 Å². The zero-order valence-electron chi connectivity index (χ0n) is 21.4. The highest BCUT2D eigenvalue weighted by Crippen LogP contribution is 2.23. The van der Waals surface area contributed by atoms with Crippen LogP contribution in [0.2, 0.25) is 5.02 Å². The van der Waals surface area contributed by atoms with Crippen molar-refractivity contribution in [3.63, 3.8) is 0 Å². The predicted molar refractivity (Wildman–Crippen MR) is 144 cm³/mol. The summed E-state index contributed by atoms with van der Waals surface area (Å²) in [6, 6.07) is 12.7. The zero-order chi connectivity index (χ0) is 26.7. The van der Waals surface area contributed by atoms with Crippen molar-refractivity contribution >= 4 is 39.1 Å². The molecule has 36 heavy (non-hydrogen) atoms. The van der Waals surface area contributed by atoms with Crippen molar-refractivity contribution in [2.75, 3.05) is 30.3 Å². The Kier molecular flexibility index (Phi) is 11.5. The Morgan fingerprint density at radius 2 is 1.67 bits per heavy atom. The number of benzene rings is 2. The van der Waals surface area contributed by atoms with Crippen LogP contribution in [0.25, 0.3) is 0 Å². The molecular weight excluding hydrogens is 502 g/mol. The Balaban J connectivity index is 2.37. The van der Waals surface area contributed by atoms with Gasteiger partial charge in [-0.3, -0.25) is 13.9 Å². The molecular formula is C26H36ClN3O5S. The molecule has 2 aromatic carbocycles. The third kappa shape index (κ3) is 8.71. The van der Waals surface area contributed by atoms with Gasteiger partial charge in [0.25, 0.3) is 0 Å². The first kappa shape index (κ1) is 29.5. The maximum atomic E-state index is 13.6. The third-order valence-corrected chi connectivity index (χ3v) is 6.99. The molecule has 0 bridgehead atoms. The molecule has 198 valence electrons. The number of ether oxygens (including phenoxy) is 1. The minimum Gasteiger partial charge on any atom is -0.494 e. The SMILES string of the molecule is CCCCNC(=O)[C@H](CC)N(Cc1ccc(Cl)cc1)C(=O)CN(c1ccc(OCC)cc1)S(C)(=O)=O. The Bertz CT molecular complexity index is 1090. The van der Waals surface area contributed by atoms with Gasteiger partial charge in [0.05, 0.1) is 18.6 Å². The quantitative estimate of drug-likeness (QED) is 0.364. The molecule has 0 spiro atoms. The van der Waals surface area contributed by atoms with E-state index in [-0.39, 0.29) is 12.5 Å². The number of unbranched alkanes of at least 4 members (excludes halogenated alkanes) is 1. The largest absolute Gasteiger partial charge is 0.494 e. The molecule has 0 radical (unpaired) electrons. The summed E-state index contributed by atoms with van der Waals surface area (Å²) < 4.78 is 31.8. The number of rotatable bonds is 14. The van der Waals surface area contributed by atoms with E-state index in [1.54, 1.807) is 48.5 Å². The Morgan fingerprint density at radius 3 is 2.19 bits per heavy atom. The summed E-state index contributed by atoms with van der Waals surface area (Å²) in [5.41, 5.74) is 1.11. The van der Waals surface area contributed by atoms with Crippen LogP contribution in [0.15, 0.2) is 48.5 Å². The molecule has 0 saturated heterocycles. The average molecular weight is 538 g/mol. The summed E-state index contributed by atoms with van der Waals surface area (Å²) >= 11 is 6.01. The number of amides is 2. The fraction of sp³-hybridized carbons (Fsp3) is 0.462. The molecule has 2 aromatic rings. The van der Waals surface area contributed by atoms with Crippen molar-refractivity contribution in [3.05, 3.63) is 59.1 Å². The second-order valence-corrected chi connectivity index (χ2v) is 10.8. The molecule has 0 heterocycles. The Morgan fingerprint density at radius 1 is 1.03 bits per heavy atom. The standard InChI is InChI=1S/C26H36ClN3O5S/c1-5-8-17-28-26(32)24(6-2)29(18-20-9-11-21(27)12-10-20)25(31)19-30(36(4,33)34)22-13-15-23(16-14-22)35-7-3/h9-16,24H,5-8,17-19H2,1-4H3,(H,28,32)/t24-/m0/s1. The van der Waals surface area contributed by atoms with E-state index >= 15 is 0 Å². The second-order valence-electron chi connectivity index (χ2n) is 8.41. The van der Waals surface area contributed by atoms with Gasteiger partial charge in [-0.05, 0) is 61.7 Å². The summed E-state index contributed by atoms with van der Waals surface area (Å²) in [5.74, 6) is -0.151. The number of sulfonamides is 1. The van der Waals surface area contributed by atoms with Crippen LogP contribution in [0.4, 0.5) is 5.69 Å². The van der Waals surface area contributed by atoms with Crippen LogP contribution in [-0.2, 0) is 26.2 Å². The third-order valence-electron chi connectivity index (χ3n) is 5.60. The first-order valence-electron chi connectivity index (χ1n) is 12.1. The van der Waals surface area contributed by atoms with Crippen LogP contribution in [0.5, 0.6) is 5.75 Å². The highest BCUT2D eigenvalue weighted by Gasteiger charge is 2.31. The van der Waals surface area contributed by atoms with Gasteiger partial charge in [0, 0.05) is 18.1 Å². The summed E-state index contributed by atoms with van der Waals surface area (Å²) in [5, 5.41) is 3.45. The first-order chi connectivity index (χ1) is 17.1. The molecule has 0 fully saturated rings. The molecule has 0 aromatic heterocycles. The highest BCUT2D eigenvalue weighted by molar-refractivity contribution is 7.92. The van der Waals surface area contributed by atoms with E-state index in [0.29, 0.717) is 36.0 Å². The molecule has 1 N–H and O–H groups in total. The maximum Gasteiger partial charge on any atom is 0.244 e. The van der Waals surface area contributed by atoms with E-state index in [4.69, 9.17) is 16.3 Å². The van der Waals surface area contributed by atoms with Gasteiger partial charge in [-0.1, -0.05) is 44.0 Å². The fourth-order valence-electron chi connectivity index (χ4n) is 3.70. The molecule has 1 atom stereocenters. The van der Waals surface area contributed by atoms with Crippen molar-refractivity contribution < 1.29 is 22.7 Å². The topological polar surface area (TPSA) is 96.0 Å². The number of nitrogens with one attached hydrogen (secondary N) is 1. The van der Waals surface area contributed by atoms with Crippen molar-refractivity contribution in [1.29, 1.82) is 0 Å². The lowest BCUT2D eigenvalue weighted by molar-refractivity contribution is -0.140. The van der Waals surface area contributed by atoms with E-state index < -0.39 is 28.5 Å². The van der Waals surface area contributed by atoms with Crippen LogP contribution in [0.3, 0.4) is 0 Å². The van der Waals surface area contributed by atoms with Crippen LogP contribution in [0.1, 0.15) is 45.6 Å². The Labute approximate surface area is 219 Å². The number of hydrogen-bond donors (Lipinski definition) is 1. The molecule has 0 unspecified atom stereocenters. The molecule has 0 aliphatic carbocycles. The summed E-state index contributed by atoms with van der Waals surface area (Å²) in [6.07, 6.45) is 3.18. The van der Waals surface area contributed by atoms with Crippen LogP contribution < -0.4 is 14.4 Å². The molecule has 0 aliphatic rings. The molecule has 0 saturated carbocycles. The molecule has 2 amide bonds. The minimum atomic E-state index is -3.79. The number of anilines is 1. The van der Waals surface area contributed by atoms with E-state index in [2.05, 4.69) is 5.32 Å². The smallest absolute Gasteiger partial charge is 0.244 e. The van der Waals surface area contributed by atoms with Crippen LogP contribution in [0, 0.1) is 0 Å². The van der Waals surface area contributed by atoms with E-state index in [1.807, 2.05) is 20.8 Å². The number of hydrogen-bond acceptors (Lipinski definition) is 5. The number of halogens is 1.